The molecule has 2 aromatic carbocycles. The van der Waals surface area contributed by atoms with Gasteiger partial charge >= 0.3 is 0 Å². The van der Waals surface area contributed by atoms with Gasteiger partial charge in [0.25, 0.3) is 0 Å². The second-order valence-corrected chi connectivity index (χ2v) is 9.58. The van der Waals surface area contributed by atoms with Crippen LogP contribution >= 0.6 is 15.9 Å². The summed E-state index contributed by atoms with van der Waals surface area (Å²) in [4.78, 5) is 22.2. The average molecular weight is 511 g/mol. The highest BCUT2D eigenvalue weighted by Gasteiger charge is 2.15. The first kappa shape index (κ1) is 23.5. The molecule has 4 rings (SSSR count). The lowest BCUT2D eigenvalue weighted by Crippen LogP contribution is -2.30. The van der Waals surface area contributed by atoms with E-state index in [-0.39, 0.29) is 5.91 Å². The number of methoxy groups -OCH3 is 1. The molecule has 1 saturated carbocycles. The second-order valence-electron chi connectivity index (χ2n) is 8.66. The van der Waals surface area contributed by atoms with Crippen LogP contribution in [0.15, 0.2) is 46.9 Å². The largest absolute Gasteiger partial charge is 0.497 e. The van der Waals surface area contributed by atoms with E-state index in [1.165, 1.54) is 32.1 Å². The molecule has 2 N–H and O–H groups in total. The minimum Gasteiger partial charge on any atom is -0.497 e. The summed E-state index contributed by atoms with van der Waals surface area (Å²) in [6.07, 6.45) is 7.29. The van der Waals surface area contributed by atoms with Crippen molar-refractivity contribution in [1.29, 1.82) is 0 Å². The number of carbonyl (C=O) groups is 1. The van der Waals surface area contributed by atoms with Crippen LogP contribution in [0.3, 0.4) is 0 Å². The van der Waals surface area contributed by atoms with Crippen LogP contribution in [-0.2, 0) is 17.8 Å². The molecule has 1 amide bonds. The molecule has 1 fully saturated rings. The van der Waals surface area contributed by atoms with Gasteiger partial charge in [-0.05, 0) is 54.7 Å². The number of aryl methyl sites for hydroxylation is 1. The Morgan fingerprint density at radius 1 is 1.06 bits per heavy atom. The number of benzene rings is 2. The number of hydrogen-bond acceptors (Lipinski definition) is 5. The Morgan fingerprint density at radius 3 is 2.61 bits per heavy atom. The summed E-state index contributed by atoms with van der Waals surface area (Å²) >= 11 is 3.51. The number of carbonyl (C=O) groups excluding carboxylic acids is 1. The molecule has 1 heterocycles. The Bertz CT molecular complexity index is 1080. The van der Waals surface area contributed by atoms with Gasteiger partial charge in [0, 0.05) is 30.4 Å². The van der Waals surface area contributed by atoms with Crippen LogP contribution < -0.4 is 15.4 Å². The van der Waals surface area contributed by atoms with Crippen molar-refractivity contribution in [1.82, 2.24) is 15.3 Å². The van der Waals surface area contributed by atoms with Crippen LogP contribution in [0.25, 0.3) is 11.0 Å². The summed E-state index contributed by atoms with van der Waals surface area (Å²) in [5, 5.41) is 6.55. The third kappa shape index (κ3) is 6.67. The lowest BCUT2D eigenvalue weighted by atomic mass is 9.89. The van der Waals surface area contributed by atoms with Crippen LogP contribution in [0.5, 0.6) is 5.75 Å². The number of aromatic nitrogens is 2. The molecular formula is C26H31BrN4O2. The van der Waals surface area contributed by atoms with Gasteiger partial charge in [0.2, 0.25) is 5.91 Å². The standard InChI is InChI=1S/C26H31BrN4O2/c1-33-21-10-7-19(8-11-21)17-29-26-23(30-24-15-20(27)9-12-22(24)31-26)13-14-25(32)28-16-18-5-3-2-4-6-18/h7-12,15,18H,2-6,13-14,16-17H2,1H3,(H,28,32)(H,29,31). The fraction of sp³-hybridized carbons (Fsp3) is 0.423. The topological polar surface area (TPSA) is 76.1 Å². The van der Waals surface area contributed by atoms with Crippen LogP contribution in [0, 0.1) is 5.92 Å². The van der Waals surface area contributed by atoms with Gasteiger partial charge in [-0.25, -0.2) is 9.97 Å². The van der Waals surface area contributed by atoms with Gasteiger partial charge in [-0.3, -0.25) is 4.79 Å². The maximum atomic E-state index is 12.5. The molecule has 33 heavy (non-hydrogen) atoms. The number of amides is 1. The number of ether oxygens (including phenoxy) is 1. The van der Waals surface area contributed by atoms with Gasteiger partial charge in [-0.1, -0.05) is 47.3 Å². The number of halogens is 1. The molecule has 3 aromatic rings. The van der Waals surface area contributed by atoms with Crippen LogP contribution in [0.2, 0.25) is 0 Å². The van der Waals surface area contributed by atoms with Crippen LogP contribution in [-0.4, -0.2) is 29.5 Å². The quantitative estimate of drug-likeness (QED) is 0.389. The summed E-state index contributed by atoms with van der Waals surface area (Å²) in [6.45, 7) is 1.40. The summed E-state index contributed by atoms with van der Waals surface area (Å²) in [5.41, 5.74) is 3.56. The Kier molecular flexibility index (Phi) is 8.15. The van der Waals surface area contributed by atoms with Crippen molar-refractivity contribution in [2.75, 3.05) is 19.0 Å². The van der Waals surface area contributed by atoms with Crippen molar-refractivity contribution < 1.29 is 9.53 Å². The van der Waals surface area contributed by atoms with E-state index in [2.05, 4.69) is 26.6 Å². The second kappa shape index (κ2) is 11.5. The van der Waals surface area contributed by atoms with Crippen molar-refractivity contribution in [3.05, 3.63) is 58.2 Å². The number of nitrogens with zero attached hydrogens (tertiary/aromatic N) is 2. The minimum atomic E-state index is 0.0813. The third-order valence-electron chi connectivity index (χ3n) is 6.22. The highest BCUT2D eigenvalue weighted by molar-refractivity contribution is 9.10. The van der Waals surface area contributed by atoms with E-state index in [4.69, 9.17) is 14.7 Å². The molecule has 7 heteroatoms. The fourth-order valence-corrected chi connectivity index (χ4v) is 4.63. The number of hydrogen-bond donors (Lipinski definition) is 2. The van der Waals surface area contributed by atoms with Gasteiger partial charge in [-0.2, -0.15) is 0 Å². The molecule has 0 radical (unpaired) electrons. The normalized spacial score (nSPS) is 14.2. The van der Waals surface area contributed by atoms with Crippen LogP contribution in [0.1, 0.15) is 49.8 Å². The van der Waals surface area contributed by atoms with E-state index in [9.17, 15) is 4.79 Å². The van der Waals surface area contributed by atoms with E-state index in [1.54, 1.807) is 7.11 Å². The predicted octanol–water partition coefficient (Wildman–Crippen LogP) is 5.64. The molecule has 0 saturated heterocycles. The van der Waals surface area contributed by atoms with E-state index < -0.39 is 0 Å². The molecule has 1 aromatic heterocycles. The average Bonchev–Trinajstić information content (AvgIpc) is 2.85. The van der Waals surface area contributed by atoms with Crippen molar-refractivity contribution >= 4 is 38.7 Å². The molecular weight excluding hydrogens is 480 g/mol. The zero-order chi connectivity index (χ0) is 23.0. The zero-order valence-corrected chi connectivity index (χ0v) is 20.7. The maximum Gasteiger partial charge on any atom is 0.220 e. The molecule has 0 unspecified atom stereocenters. The summed E-state index contributed by atoms with van der Waals surface area (Å²) < 4.78 is 6.20. The van der Waals surface area contributed by atoms with Gasteiger partial charge in [0.1, 0.15) is 11.6 Å². The first-order valence-electron chi connectivity index (χ1n) is 11.7. The van der Waals surface area contributed by atoms with Gasteiger partial charge in [-0.15, -0.1) is 0 Å². The minimum absolute atomic E-state index is 0.0813. The van der Waals surface area contributed by atoms with Crippen molar-refractivity contribution in [2.45, 2.75) is 51.5 Å². The smallest absolute Gasteiger partial charge is 0.220 e. The van der Waals surface area contributed by atoms with E-state index in [0.29, 0.717) is 25.3 Å². The van der Waals surface area contributed by atoms with Gasteiger partial charge in [0.15, 0.2) is 0 Å². The van der Waals surface area contributed by atoms with Crippen molar-refractivity contribution in [3.8, 4) is 5.75 Å². The molecule has 0 bridgehead atoms. The third-order valence-corrected chi connectivity index (χ3v) is 6.71. The maximum absolute atomic E-state index is 12.5. The highest BCUT2D eigenvalue weighted by Crippen LogP contribution is 2.24. The van der Waals surface area contributed by atoms with Crippen molar-refractivity contribution in [2.24, 2.45) is 5.92 Å². The molecule has 174 valence electrons. The van der Waals surface area contributed by atoms with Gasteiger partial charge in [0.05, 0.1) is 23.8 Å². The fourth-order valence-electron chi connectivity index (χ4n) is 4.28. The van der Waals surface area contributed by atoms with E-state index >= 15 is 0 Å². The number of nitrogens with one attached hydrogen (secondary N) is 2. The monoisotopic (exact) mass is 510 g/mol. The lowest BCUT2D eigenvalue weighted by molar-refractivity contribution is -0.121. The Balaban J connectivity index is 1.43. The zero-order valence-electron chi connectivity index (χ0n) is 19.1. The molecule has 6 nitrogen and oxygen atoms in total. The lowest BCUT2D eigenvalue weighted by Gasteiger charge is -2.21. The molecule has 0 spiro atoms. The molecule has 0 atom stereocenters. The number of rotatable bonds is 9. The van der Waals surface area contributed by atoms with E-state index in [0.717, 1.165) is 44.9 Å². The van der Waals surface area contributed by atoms with Crippen molar-refractivity contribution in [3.63, 3.8) is 0 Å². The number of fused-ring (bicyclic) bond motifs is 1. The van der Waals surface area contributed by atoms with Crippen LogP contribution in [0.4, 0.5) is 5.82 Å². The first-order chi connectivity index (χ1) is 16.1. The highest BCUT2D eigenvalue weighted by atomic mass is 79.9. The SMILES string of the molecule is COc1ccc(CNc2nc3ccc(Br)cc3nc2CCC(=O)NCC2CCCCC2)cc1. The van der Waals surface area contributed by atoms with Gasteiger partial charge < -0.3 is 15.4 Å². The Morgan fingerprint density at radius 2 is 1.85 bits per heavy atom. The van der Waals surface area contributed by atoms with E-state index in [1.807, 2.05) is 42.5 Å². The predicted molar refractivity (Wildman–Crippen MR) is 135 cm³/mol. The summed E-state index contributed by atoms with van der Waals surface area (Å²) in [5.74, 6) is 2.26. The Labute approximate surface area is 203 Å². The molecule has 0 aliphatic heterocycles. The molecule has 1 aliphatic rings. The summed E-state index contributed by atoms with van der Waals surface area (Å²) in [6, 6.07) is 13.8. The number of anilines is 1. The molecule has 1 aliphatic carbocycles. The summed E-state index contributed by atoms with van der Waals surface area (Å²) in [7, 11) is 1.66. The first-order valence-corrected chi connectivity index (χ1v) is 12.5. The Hall–Kier alpha value is -2.67.